The van der Waals surface area contributed by atoms with Crippen molar-refractivity contribution < 1.29 is 31.5 Å². The van der Waals surface area contributed by atoms with Gasteiger partial charge in [-0.05, 0) is 12.8 Å². The Bertz CT molecular complexity index is 919. The molecule has 1 aliphatic heterocycles. The summed E-state index contributed by atoms with van der Waals surface area (Å²) < 4.78 is 66.0. The molecule has 2 heterocycles. The van der Waals surface area contributed by atoms with Crippen LogP contribution in [-0.4, -0.2) is 41.7 Å². The minimum absolute atomic E-state index is 0.00930. The van der Waals surface area contributed by atoms with Crippen LogP contribution in [0.1, 0.15) is 49.0 Å². The number of aromatic nitrogens is 2. The molecule has 2 aromatic rings. The molecule has 2 fully saturated rings. The van der Waals surface area contributed by atoms with Crippen molar-refractivity contribution in [2.45, 2.75) is 49.5 Å². The fourth-order valence-electron chi connectivity index (χ4n) is 3.97. The van der Waals surface area contributed by atoms with Crippen LogP contribution in [0.2, 0.25) is 0 Å². The maximum atomic E-state index is 14.5. The van der Waals surface area contributed by atoms with E-state index in [1.54, 1.807) is 0 Å². The molecule has 7 nitrogen and oxygen atoms in total. The van der Waals surface area contributed by atoms with Crippen molar-refractivity contribution in [3.05, 3.63) is 35.2 Å². The number of benzene rings is 1. The third kappa shape index (κ3) is 3.92. The van der Waals surface area contributed by atoms with E-state index in [4.69, 9.17) is 9.15 Å². The van der Waals surface area contributed by atoms with Crippen molar-refractivity contribution in [3.8, 4) is 5.75 Å². The number of anilines is 1. The fourth-order valence-corrected chi connectivity index (χ4v) is 3.97. The first-order chi connectivity index (χ1) is 14.3. The van der Waals surface area contributed by atoms with E-state index in [2.05, 4.69) is 20.8 Å². The van der Waals surface area contributed by atoms with Gasteiger partial charge < -0.3 is 19.8 Å². The first-order valence-corrected chi connectivity index (χ1v) is 9.56. The lowest BCUT2D eigenvalue weighted by atomic mass is 9.87. The predicted molar refractivity (Wildman–Crippen MR) is 96.5 cm³/mol. The Labute approximate surface area is 169 Å². The van der Waals surface area contributed by atoms with Crippen molar-refractivity contribution >= 4 is 11.9 Å². The highest BCUT2D eigenvalue weighted by Crippen LogP contribution is 2.41. The molecule has 1 amide bonds. The summed E-state index contributed by atoms with van der Waals surface area (Å²) in [5.74, 6) is -5.78. The van der Waals surface area contributed by atoms with Crippen LogP contribution in [0.3, 0.4) is 0 Å². The molecular formula is C19H20F4N4O3. The van der Waals surface area contributed by atoms with E-state index < -0.39 is 35.4 Å². The normalized spacial score (nSPS) is 24.0. The van der Waals surface area contributed by atoms with Crippen molar-refractivity contribution in [3.63, 3.8) is 0 Å². The van der Waals surface area contributed by atoms with Gasteiger partial charge in [0.05, 0.1) is 7.11 Å². The summed E-state index contributed by atoms with van der Waals surface area (Å²) in [6.07, 6.45) is -0.0925. The number of nitrogens with one attached hydrogen (secondary N) is 2. The monoisotopic (exact) mass is 428 g/mol. The molecule has 2 aliphatic rings. The molecule has 1 aromatic heterocycles. The van der Waals surface area contributed by atoms with Crippen molar-refractivity contribution in [2.24, 2.45) is 0 Å². The fraction of sp³-hybridized carbons (Fsp3) is 0.526. The molecule has 0 radical (unpaired) electrons. The summed E-state index contributed by atoms with van der Waals surface area (Å²) in [7, 11) is 1.29. The second kappa shape index (κ2) is 7.77. The van der Waals surface area contributed by atoms with Crippen LogP contribution in [0.15, 0.2) is 16.5 Å². The third-order valence-electron chi connectivity index (χ3n) is 5.63. The van der Waals surface area contributed by atoms with Crippen molar-refractivity contribution in [1.29, 1.82) is 0 Å². The van der Waals surface area contributed by atoms with E-state index in [1.807, 2.05) is 0 Å². The highest BCUT2D eigenvalue weighted by Gasteiger charge is 2.41. The lowest BCUT2D eigenvalue weighted by Gasteiger charge is -2.25. The van der Waals surface area contributed by atoms with Crippen molar-refractivity contribution in [1.82, 2.24) is 15.5 Å². The predicted octanol–water partition coefficient (Wildman–Crippen LogP) is 3.34. The zero-order chi connectivity index (χ0) is 21.5. The average Bonchev–Trinajstić information content (AvgIpc) is 3.30. The van der Waals surface area contributed by atoms with Crippen LogP contribution < -0.4 is 15.4 Å². The largest absolute Gasteiger partial charge is 0.497 e. The maximum Gasteiger partial charge on any atom is 0.316 e. The highest BCUT2D eigenvalue weighted by atomic mass is 19.3. The lowest BCUT2D eigenvalue weighted by Crippen LogP contribution is -2.33. The Morgan fingerprint density at radius 2 is 1.87 bits per heavy atom. The number of rotatable bonds is 5. The molecular weight excluding hydrogens is 408 g/mol. The van der Waals surface area contributed by atoms with Gasteiger partial charge in [0, 0.05) is 48.9 Å². The Balaban J connectivity index is 1.51. The number of carbonyl (C=O) groups is 1. The van der Waals surface area contributed by atoms with Gasteiger partial charge in [-0.25, -0.2) is 17.6 Å². The Morgan fingerprint density at radius 3 is 2.50 bits per heavy atom. The average molecular weight is 428 g/mol. The Kier molecular flexibility index (Phi) is 5.29. The van der Waals surface area contributed by atoms with Gasteiger partial charge in [0.1, 0.15) is 23.4 Å². The van der Waals surface area contributed by atoms with Gasteiger partial charge in [0.15, 0.2) is 0 Å². The van der Waals surface area contributed by atoms with Crippen LogP contribution in [0.25, 0.3) is 0 Å². The molecule has 2 N–H and O–H groups in total. The third-order valence-corrected chi connectivity index (χ3v) is 5.63. The van der Waals surface area contributed by atoms with Gasteiger partial charge in [-0.3, -0.25) is 4.79 Å². The number of methoxy groups -OCH3 is 1. The highest BCUT2D eigenvalue weighted by molar-refractivity contribution is 5.88. The van der Waals surface area contributed by atoms with Crippen LogP contribution in [0.4, 0.5) is 23.6 Å². The van der Waals surface area contributed by atoms with Gasteiger partial charge >= 0.3 is 6.01 Å². The number of carbonyl (C=O) groups excluding carboxylic acids is 1. The summed E-state index contributed by atoms with van der Waals surface area (Å²) in [5.41, 5.74) is -0.263. The molecule has 4 rings (SSSR count). The molecule has 2 atom stereocenters. The summed E-state index contributed by atoms with van der Waals surface area (Å²) in [6, 6.07) is 0.930. The first kappa shape index (κ1) is 20.4. The topological polar surface area (TPSA) is 89.3 Å². The molecule has 1 aliphatic carbocycles. The molecule has 1 saturated heterocycles. The van der Waals surface area contributed by atoms with E-state index in [1.165, 1.54) is 7.11 Å². The van der Waals surface area contributed by atoms with Gasteiger partial charge in [0.2, 0.25) is 17.7 Å². The van der Waals surface area contributed by atoms with Gasteiger partial charge in [-0.15, -0.1) is 5.10 Å². The standard InChI is InChI=1S/C19H20F4N4O3/c1-29-10-6-12(20)14(13(21)7-10)11-8-24-16(28)15(11)25-18-27-26-17(30-18)9-2-4-19(22,23)5-3-9/h6-7,9,11,15H,2-5,8H2,1H3,(H,24,28)(H,25,27)/t11-,15-/m0/s1. The van der Waals surface area contributed by atoms with Crippen molar-refractivity contribution in [2.75, 3.05) is 19.0 Å². The number of ether oxygens (including phenoxy) is 1. The second-order valence-corrected chi connectivity index (χ2v) is 7.55. The Hall–Kier alpha value is -2.85. The number of hydrogen-bond acceptors (Lipinski definition) is 6. The minimum Gasteiger partial charge on any atom is -0.497 e. The summed E-state index contributed by atoms with van der Waals surface area (Å²) in [6.45, 7) is 0.00930. The smallest absolute Gasteiger partial charge is 0.316 e. The molecule has 0 spiro atoms. The van der Waals surface area contributed by atoms with Crippen LogP contribution in [0.5, 0.6) is 5.75 Å². The summed E-state index contributed by atoms with van der Waals surface area (Å²) >= 11 is 0. The zero-order valence-corrected chi connectivity index (χ0v) is 16.1. The number of halogens is 4. The van der Waals surface area contributed by atoms with Gasteiger partial charge in [-0.2, -0.15) is 0 Å². The van der Waals surface area contributed by atoms with E-state index in [-0.39, 0.29) is 61.4 Å². The molecule has 1 aromatic carbocycles. The minimum atomic E-state index is -2.68. The number of nitrogens with zero attached hydrogens (tertiary/aromatic N) is 2. The number of amides is 1. The van der Waals surface area contributed by atoms with E-state index >= 15 is 0 Å². The van der Waals surface area contributed by atoms with Gasteiger partial charge in [-0.1, -0.05) is 5.10 Å². The number of alkyl halides is 2. The van der Waals surface area contributed by atoms with Crippen LogP contribution in [-0.2, 0) is 4.79 Å². The Morgan fingerprint density at radius 1 is 1.20 bits per heavy atom. The van der Waals surface area contributed by atoms with E-state index in [0.29, 0.717) is 0 Å². The molecule has 0 bridgehead atoms. The summed E-state index contributed by atoms with van der Waals surface area (Å²) in [5, 5.41) is 13.0. The maximum absolute atomic E-state index is 14.5. The first-order valence-electron chi connectivity index (χ1n) is 9.56. The molecule has 11 heteroatoms. The van der Waals surface area contributed by atoms with Crippen LogP contribution in [0, 0.1) is 11.6 Å². The second-order valence-electron chi connectivity index (χ2n) is 7.55. The molecule has 0 unspecified atom stereocenters. The van der Waals surface area contributed by atoms with Gasteiger partial charge in [0.25, 0.3) is 0 Å². The quantitative estimate of drug-likeness (QED) is 0.711. The lowest BCUT2D eigenvalue weighted by molar-refractivity contribution is -0.119. The SMILES string of the molecule is COc1cc(F)c([C@@H]2CNC(=O)[C@H]2Nc2nnc(C3CCC(F)(F)CC3)o2)c(F)c1. The molecule has 162 valence electrons. The molecule has 1 saturated carbocycles. The number of hydrogen-bond donors (Lipinski definition) is 2. The molecule has 30 heavy (non-hydrogen) atoms. The van der Waals surface area contributed by atoms with Crippen LogP contribution >= 0.6 is 0 Å². The van der Waals surface area contributed by atoms with E-state index in [9.17, 15) is 22.4 Å². The summed E-state index contributed by atoms with van der Waals surface area (Å²) in [4.78, 5) is 12.3. The van der Waals surface area contributed by atoms with E-state index in [0.717, 1.165) is 12.1 Å². The zero-order valence-electron chi connectivity index (χ0n) is 16.1.